The van der Waals surface area contributed by atoms with Gasteiger partial charge in [0.1, 0.15) is 5.69 Å². The second-order valence-electron chi connectivity index (χ2n) is 10.1. The van der Waals surface area contributed by atoms with Gasteiger partial charge in [-0.1, -0.05) is 48.5 Å². The van der Waals surface area contributed by atoms with Gasteiger partial charge in [-0.05, 0) is 69.2 Å². The van der Waals surface area contributed by atoms with Gasteiger partial charge in [0, 0.05) is 36.6 Å². The zero-order chi connectivity index (χ0) is 27.9. The number of fused-ring (bicyclic) bond motifs is 1. The molecule has 8 nitrogen and oxygen atoms in total. The Kier molecular flexibility index (Phi) is 8.86. The van der Waals surface area contributed by atoms with Crippen LogP contribution in [0.3, 0.4) is 0 Å². The molecule has 0 aliphatic heterocycles. The minimum absolute atomic E-state index is 0.327. The number of hydrogen-bond donors (Lipinski definition) is 2. The van der Waals surface area contributed by atoms with E-state index in [2.05, 4.69) is 90.9 Å². The number of rotatable bonds is 11. The summed E-state index contributed by atoms with van der Waals surface area (Å²) in [5, 5.41) is 4.04. The molecule has 2 aromatic heterocycles. The average Bonchev–Trinajstić information content (AvgIpc) is 3.51. The van der Waals surface area contributed by atoms with E-state index in [9.17, 15) is 4.79 Å². The minimum atomic E-state index is -0.419. The molecular formula is C31H38N6O2. The first-order chi connectivity index (χ1) is 18.7. The number of hydrogen-bond acceptors (Lipinski definition) is 5. The Morgan fingerprint density at radius 1 is 1.15 bits per heavy atom. The summed E-state index contributed by atoms with van der Waals surface area (Å²) in [4.78, 5) is 21.5. The van der Waals surface area contributed by atoms with Gasteiger partial charge in [0.2, 0.25) is 0 Å². The van der Waals surface area contributed by atoms with Crippen LogP contribution in [0.2, 0.25) is 0 Å². The zero-order valence-corrected chi connectivity index (χ0v) is 23.3. The first-order valence-corrected chi connectivity index (χ1v) is 13.3. The van der Waals surface area contributed by atoms with Gasteiger partial charge >= 0.3 is 6.09 Å². The molecule has 0 aliphatic rings. The Hall–Kier alpha value is -4.33. The molecule has 0 saturated carbocycles. The van der Waals surface area contributed by atoms with Crippen LogP contribution in [0.5, 0.6) is 0 Å². The van der Waals surface area contributed by atoms with E-state index in [4.69, 9.17) is 15.5 Å². The van der Waals surface area contributed by atoms with Gasteiger partial charge < -0.3 is 24.9 Å². The standard InChI is InChI=1S/C31H38N6O2/c1-21(2)37-16-14-27-13-10-25(18-28(27)37)19-33-31(38)39-17-7-6-15-36-20-34-29(23(4)32)30(36)35-24(5)26-11-8-22(3)9-12-26/h8-14,16,18,20-21H,4,6-7,15,17,19,32H2,1-3,5H3,(H,33,38)/b35-24+. The third-order valence-electron chi connectivity index (χ3n) is 6.66. The number of amides is 1. The van der Waals surface area contributed by atoms with Crippen molar-refractivity contribution in [3.8, 4) is 0 Å². The van der Waals surface area contributed by atoms with Crippen LogP contribution >= 0.6 is 0 Å². The maximum absolute atomic E-state index is 12.3. The van der Waals surface area contributed by atoms with Crippen molar-refractivity contribution < 1.29 is 9.53 Å². The molecule has 0 spiro atoms. The van der Waals surface area contributed by atoms with E-state index in [0.29, 0.717) is 49.4 Å². The lowest BCUT2D eigenvalue weighted by Gasteiger charge is -2.11. The van der Waals surface area contributed by atoms with Crippen molar-refractivity contribution in [3.63, 3.8) is 0 Å². The lowest BCUT2D eigenvalue weighted by atomic mass is 10.1. The first kappa shape index (κ1) is 27.7. The normalized spacial score (nSPS) is 11.8. The highest BCUT2D eigenvalue weighted by Crippen LogP contribution is 2.24. The van der Waals surface area contributed by atoms with Gasteiger partial charge in [0.05, 0.1) is 18.6 Å². The number of unbranched alkanes of at least 4 members (excludes halogenated alkanes) is 1. The summed E-state index contributed by atoms with van der Waals surface area (Å²) in [5.41, 5.74) is 12.2. The number of aryl methyl sites for hydroxylation is 2. The fraction of sp³-hybridized carbons (Fsp3) is 0.323. The number of nitrogens with one attached hydrogen (secondary N) is 1. The molecule has 39 heavy (non-hydrogen) atoms. The highest BCUT2D eigenvalue weighted by atomic mass is 16.5. The van der Waals surface area contributed by atoms with Crippen LogP contribution in [0.15, 0.2) is 72.6 Å². The Labute approximate surface area is 230 Å². The summed E-state index contributed by atoms with van der Waals surface area (Å²) < 4.78 is 9.59. The molecule has 0 saturated heterocycles. The number of alkyl carbamates (subject to hydrolysis) is 1. The van der Waals surface area contributed by atoms with Crippen LogP contribution in [-0.2, 0) is 17.8 Å². The van der Waals surface area contributed by atoms with Crippen LogP contribution in [0.1, 0.15) is 62.0 Å². The molecule has 3 N–H and O–H groups in total. The second-order valence-corrected chi connectivity index (χ2v) is 10.1. The van der Waals surface area contributed by atoms with E-state index in [1.165, 1.54) is 10.9 Å². The summed E-state index contributed by atoms with van der Waals surface area (Å²) in [7, 11) is 0. The third kappa shape index (κ3) is 6.96. The van der Waals surface area contributed by atoms with Crippen LogP contribution in [0.25, 0.3) is 16.6 Å². The Morgan fingerprint density at radius 3 is 2.64 bits per heavy atom. The summed E-state index contributed by atoms with van der Waals surface area (Å²) in [6.45, 7) is 13.6. The third-order valence-corrected chi connectivity index (χ3v) is 6.66. The maximum Gasteiger partial charge on any atom is 0.407 e. The van der Waals surface area contributed by atoms with Crippen LogP contribution < -0.4 is 11.1 Å². The van der Waals surface area contributed by atoms with Crippen molar-refractivity contribution in [3.05, 3.63) is 90.0 Å². The molecule has 1 amide bonds. The van der Waals surface area contributed by atoms with Crippen LogP contribution in [0, 0.1) is 6.92 Å². The van der Waals surface area contributed by atoms with E-state index in [0.717, 1.165) is 28.8 Å². The van der Waals surface area contributed by atoms with Crippen LogP contribution in [-0.4, -0.2) is 32.5 Å². The van der Waals surface area contributed by atoms with Gasteiger partial charge in [0.25, 0.3) is 0 Å². The molecule has 2 heterocycles. The Balaban J connectivity index is 1.27. The fourth-order valence-electron chi connectivity index (χ4n) is 4.43. The van der Waals surface area contributed by atoms with Crippen LogP contribution in [0.4, 0.5) is 10.6 Å². The molecule has 0 atom stereocenters. The molecule has 8 heteroatoms. The van der Waals surface area contributed by atoms with E-state index >= 15 is 0 Å². The summed E-state index contributed by atoms with van der Waals surface area (Å²) in [5.74, 6) is 0.680. The molecule has 0 aliphatic carbocycles. The number of imidazole rings is 1. The number of aliphatic imine (C=N–C) groups is 1. The first-order valence-electron chi connectivity index (χ1n) is 13.3. The molecule has 0 unspecified atom stereocenters. The number of benzene rings is 2. The maximum atomic E-state index is 12.3. The van der Waals surface area contributed by atoms with Crippen molar-refractivity contribution >= 4 is 34.2 Å². The van der Waals surface area contributed by atoms with Crippen molar-refractivity contribution in [2.24, 2.45) is 10.7 Å². The molecule has 4 aromatic rings. The van der Waals surface area contributed by atoms with Crippen molar-refractivity contribution in [2.45, 2.75) is 59.7 Å². The van der Waals surface area contributed by atoms with Gasteiger partial charge in [-0.15, -0.1) is 0 Å². The number of carbonyl (C=O) groups is 1. The smallest absolute Gasteiger partial charge is 0.407 e. The second kappa shape index (κ2) is 12.5. The predicted octanol–water partition coefficient (Wildman–Crippen LogP) is 6.50. The minimum Gasteiger partial charge on any atom is -0.450 e. The number of nitrogens with two attached hydrogens (primary N) is 1. The van der Waals surface area contributed by atoms with Gasteiger partial charge in [-0.25, -0.2) is 14.8 Å². The molecule has 0 fully saturated rings. The van der Waals surface area contributed by atoms with Gasteiger partial charge in [-0.3, -0.25) is 0 Å². The molecule has 204 valence electrons. The van der Waals surface area contributed by atoms with E-state index < -0.39 is 6.09 Å². The highest BCUT2D eigenvalue weighted by molar-refractivity contribution is 6.00. The lowest BCUT2D eigenvalue weighted by Crippen LogP contribution is -2.24. The van der Waals surface area contributed by atoms with E-state index in [-0.39, 0.29) is 0 Å². The highest BCUT2D eigenvalue weighted by Gasteiger charge is 2.13. The SMILES string of the molecule is C=C(N)c1ncn(CCCCOC(=O)NCc2ccc3ccn(C(C)C)c3c2)c1/N=C(\C)c1ccc(C)cc1. The predicted molar refractivity (Wildman–Crippen MR) is 158 cm³/mol. The molecular weight excluding hydrogens is 488 g/mol. The van der Waals surface area contributed by atoms with Crippen molar-refractivity contribution in [1.29, 1.82) is 0 Å². The topological polar surface area (TPSA) is 99.5 Å². The van der Waals surface area contributed by atoms with Gasteiger partial charge in [0.15, 0.2) is 5.82 Å². The molecule has 0 bridgehead atoms. The average molecular weight is 527 g/mol. The number of aromatic nitrogens is 3. The Morgan fingerprint density at radius 2 is 1.92 bits per heavy atom. The molecule has 0 radical (unpaired) electrons. The Bertz CT molecular complexity index is 1480. The molecule has 2 aromatic carbocycles. The number of ether oxygens (including phenoxy) is 1. The van der Waals surface area contributed by atoms with Crippen molar-refractivity contribution in [1.82, 2.24) is 19.4 Å². The number of nitrogens with zero attached hydrogens (tertiary/aromatic N) is 4. The van der Waals surface area contributed by atoms with E-state index in [1.54, 1.807) is 6.33 Å². The lowest BCUT2D eigenvalue weighted by molar-refractivity contribution is 0.143. The monoisotopic (exact) mass is 526 g/mol. The fourth-order valence-corrected chi connectivity index (χ4v) is 4.43. The summed E-state index contributed by atoms with van der Waals surface area (Å²) in [6.07, 6.45) is 4.90. The van der Waals surface area contributed by atoms with Crippen molar-refractivity contribution in [2.75, 3.05) is 6.61 Å². The quantitative estimate of drug-likeness (QED) is 0.172. The molecule has 4 rings (SSSR count). The number of carbonyl (C=O) groups excluding carboxylic acids is 1. The largest absolute Gasteiger partial charge is 0.450 e. The zero-order valence-electron chi connectivity index (χ0n) is 23.3. The summed E-state index contributed by atoms with van der Waals surface area (Å²) in [6, 6.07) is 16.9. The summed E-state index contributed by atoms with van der Waals surface area (Å²) >= 11 is 0. The van der Waals surface area contributed by atoms with Gasteiger partial charge in [-0.2, -0.15) is 0 Å². The van der Waals surface area contributed by atoms with E-state index in [1.807, 2.05) is 17.6 Å².